The van der Waals surface area contributed by atoms with Gasteiger partial charge in [0.1, 0.15) is 0 Å². The molecule has 1 aromatic carbocycles. The number of carbonyl (C=O) groups is 3. The van der Waals surface area contributed by atoms with Crippen molar-refractivity contribution in [3.63, 3.8) is 0 Å². The quantitative estimate of drug-likeness (QED) is 0.795. The van der Waals surface area contributed by atoms with Gasteiger partial charge < -0.3 is 5.11 Å². The molecule has 2 aliphatic heterocycles. The third-order valence-corrected chi connectivity index (χ3v) is 5.00. The Bertz CT molecular complexity index is 639. The number of carboxylic acids is 1. The summed E-state index contributed by atoms with van der Waals surface area (Å²) in [5.41, 5.74) is 2.19. The fourth-order valence-corrected chi connectivity index (χ4v) is 3.63. The largest absolute Gasteiger partial charge is 0.480 e. The average Bonchev–Trinajstić information content (AvgIpc) is 2.55. The summed E-state index contributed by atoms with van der Waals surface area (Å²) in [6, 6.07) is 8.10. The number of imide groups is 1. The molecule has 0 aliphatic carbocycles. The second-order valence-electron chi connectivity index (χ2n) is 6.61. The van der Waals surface area contributed by atoms with Gasteiger partial charge in [0.25, 0.3) is 0 Å². The van der Waals surface area contributed by atoms with Crippen molar-refractivity contribution >= 4 is 30.2 Å². The molecule has 0 aromatic heterocycles. The molecule has 6 nitrogen and oxygen atoms in total. The number of aliphatic carboxylic acids is 1. The summed E-state index contributed by atoms with van der Waals surface area (Å²) in [5.74, 6) is -0.982. The van der Waals surface area contributed by atoms with Gasteiger partial charge in [0, 0.05) is 6.42 Å². The maximum absolute atomic E-state index is 11.9. The Morgan fingerprint density at radius 1 is 1.08 bits per heavy atom. The predicted octanol–water partition coefficient (Wildman–Crippen LogP) is 1.89. The van der Waals surface area contributed by atoms with E-state index < -0.39 is 5.97 Å². The lowest BCUT2D eigenvalue weighted by molar-refractivity contribution is -0.138. The minimum Gasteiger partial charge on any atom is -0.480 e. The monoisotopic (exact) mass is 366 g/mol. The number of carbonyl (C=O) groups excluding carboxylic acids is 2. The number of nitrogens with zero attached hydrogens (tertiary/aromatic N) is 1. The highest BCUT2D eigenvalue weighted by Gasteiger charge is 2.28. The molecule has 0 saturated carbocycles. The van der Waals surface area contributed by atoms with E-state index in [-0.39, 0.29) is 36.7 Å². The van der Waals surface area contributed by atoms with Crippen LogP contribution < -0.4 is 5.32 Å². The number of carboxylic acid groups (broad SMARTS) is 1. The van der Waals surface area contributed by atoms with Gasteiger partial charge in [-0.2, -0.15) is 0 Å². The first-order chi connectivity index (χ1) is 11.5. The Balaban J connectivity index is 0.00000225. The number of likely N-dealkylation sites (tertiary alicyclic amines) is 1. The van der Waals surface area contributed by atoms with Crippen molar-refractivity contribution in [1.29, 1.82) is 0 Å². The van der Waals surface area contributed by atoms with Crippen LogP contribution in [0.3, 0.4) is 0 Å². The fraction of sp³-hybridized carbons (Fsp3) is 0.500. The van der Waals surface area contributed by atoms with Gasteiger partial charge in [-0.05, 0) is 49.4 Å². The Labute approximate surface area is 153 Å². The van der Waals surface area contributed by atoms with E-state index in [0.717, 1.165) is 31.5 Å². The Morgan fingerprint density at radius 2 is 1.68 bits per heavy atom. The third-order valence-electron chi connectivity index (χ3n) is 5.00. The molecule has 2 amide bonds. The molecule has 0 bridgehead atoms. The zero-order chi connectivity index (χ0) is 17.1. The number of piperidine rings is 2. The number of nitrogens with one attached hydrogen (secondary N) is 1. The van der Waals surface area contributed by atoms with Crippen LogP contribution in [-0.4, -0.2) is 47.4 Å². The third kappa shape index (κ3) is 4.80. The first kappa shape index (κ1) is 19.4. The highest BCUT2D eigenvalue weighted by atomic mass is 35.5. The molecule has 1 aromatic rings. The van der Waals surface area contributed by atoms with Crippen LogP contribution in [0.5, 0.6) is 0 Å². The van der Waals surface area contributed by atoms with Crippen LogP contribution >= 0.6 is 12.4 Å². The van der Waals surface area contributed by atoms with Crippen molar-refractivity contribution in [2.24, 2.45) is 0 Å². The Morgan fingerprint density at radius 3 is 2.24 bits per heavy atom. The number of benzene rings is 1. The normalized spacial score (nSPS) is 22.2. The lowest BCUT2D eigenvalue weighted by Crippen LogP contribution is -2.39. The fourth-order valence-electron chi connectivity index (χ4n) is 3.63. The maximum Gasteiger partial charge on any atom is 0.317 e. The minimum absolute atomic E-state index is 0. The molecule has 2 aliphatic rings. The standard InChI is InChI=1S/C18H22N2O4.ClH/c21-16-6-5-15(18(24)19-16)14-3-1-12(2-4-14)13-7-9-20(10-8-13)11-17(22)23;/h1-4,13,15H,5-11H2,(H,22,23)(H,19,21,24);1H. The zero-order valence-electron chi connectivity index (χ0n) is 13.9. The summed E-state index contributed by atoms with van der Waals surface area (Å²) >= 11 is 0. The molecule has 1 unspecified atom stereocenters. The van der Waals surface area contributed by atoms with Gasteiger partial charge in [-0.25, -0.2) is 0 Å². The summed E-state index contributed by atoms with van der Waals surface area (Å²) in [7, 11) is 0. The molecular formula is C18H23ClN2O4. The van der Waals surface area contributed by atoms with Crippen molar-refractivity contribution < 1.29 is 19.5 Å². The second-order valence-corrected chi connectivity index (χ2v) is 6.61. The van der Waals surface area contributed by atoms with Crippen LogP contribution in [0.1, 0.15) is 48.6 Å². The van der Waals surface area contributed by atoms with Crippen molar-refractivity contribution in [1.82, 2.24) is 10.2 Å². The first-order valence-electron chi connectivity index (χ1n) is 8.40. The van der Waals surface area contributed by atoms with E-state index in [1.807, 2.05) is 17.0 Å². The lowest BCUT2D eigenvalue weighted by atomic mass is 9.86. The van der Waals surface area contributed by atoms with Gasteiger partial charge in [0.05, 0.1) is 12.5 Å². The Hall–Kier alpha value is -1.92. The average molecular weight is 367 g/mol. The lowest BCUT2D eigenvalue weighted by Gasteiger charge is -2.31. The van der Waals surface area contributed by atoms with Crippen molar-refractivity contribution in [2.45, 2.75) is 37.5 Å². The van der Waals surface area contributed by atoms with Crippen molar-refractivity contribution in [3.8, 4) is 0 Å². The molecule has 2 N–H and O–H groups in total. The van der Waals surface area contributed by atoms with Crippen LogP contribution in [0, 0.1) is 0 Å². The summed E-state index contributed by atoms with van der Waals surface area (Å²) in [4.78, 5) is 35.9. The van der Waals surface area contributed by atoms with Crippen molar-refractivity contribution in [3.05, 3.63) is 35.4 Å². The molecule has 2 fully saturated rings. The number of amides is 2. The highest BCUT2D eigenvalue weighted by molar-refractivity contribution is 6.00. The number of rotatable bonds is 4. The smallest absolute Gasteiger partial charge is 0.317 e. The SMILES string of the molecule is Cl.O=C(O)CN1CCC(c2ccc(C3CCC(=O)NC3=O)cc2)CC1. The first-order valence-corrected chi connectivity index (χ1v) is 8.40. The van der Waals surface area contributed by atoms with E-state index in [9.17, 15) is 14.4 Å². The summed E-state index contributed by atoms with van der Waals surface area (Å²) < 4.78 is 0. The van der Waals surface area contributed by atoms with Crippen LogP contribution in [0.25, 0.3) is 0 Å². The van der Waals surface area contributed by atoms with Crippen molar-refractivity contribution in [2.75, 3.05) is 19.6 Å². The van der Waals surface area contributed by atoms with Crippen LogP contribution in [-0.2, 0) is 14.4 Å². The number of hydrogen-bond acceptors (Lipinski definition) is 4. The molecule has 1 atom stereocenters. The summed E-state index contributed by atoms with van der Waals surface area (Å²) in [6.07, 6.45) is 2.86. The van der Waals surface area contributed by atoms with Crippen LogP contribution in [0.15, 0.2) is 24.3 Å². The van der Waals surface area contributed by atoms with Crippen LogP contribution in [0.4, 0.5) is 0 Å². The minimum atomic E-state index is -0.776. The van der Waals surface area contributed by atoms with E-state index >= 15 is 0 Å². The molecule has 136 valence electrons. The molecular weight excluding hydrogens is 344 g/mol. The van der Waals surface area contributed by atoms with E-state index in [4.69, 9.17) is 5.11 Å². The zero-order valence-corrected chi connectivity index (χ0v) is 14.8. The molecule has 2 heterocycles. The molecule has 0 radical (unpaired) electrons. The molecule has 2 saturated heterocycles. The molecule has 7 heteroatoms. The molecule has 25 heavy (non-hydrogen) atoms. The van der Waals surface area contributed by atoms with Gasteiger partial charge in [-0.15, -0.1) is 12.4 Å². The van der Waals surface area contributed by atoms with E-state index in [2.05, 4.69) is 17.4 Å². The van der Waals surface area contributed by atoms with E-state index in [1.165, 1.54) is 5.56 Å². The van der Waals surface area contributed by atoms with Gasteiger partial charge in [0.2, 0.25) is 11.8 Å². The summed E-state index contributed by atoms with van der Waals surface area (Å²) in [5, 5.41) is 11.2. The predicted molar refractivity (Wildman–Crippen MR) is 94.9 cm³/mol. The van der Waals surface area contributed by atoms with Gasteiger partial charge in [-0.3, -0.25) is 24.6 Å². The van der Waals surface area contributed by atoms with E-state index in [0.29, 0.717) is 18.8 Å². The maximum atomic E-state index is 11.9. The highest BCUT2D eigenvalue weighted by Crippen LogP contribution is 2.30. The van der Waals surface area contributed by atoms with Gasteiger partial charge >= 0.3 is 5.97 Å². The number of hydrogen-bond donors (Lipinski definition) is 2. The van der Waals surface area contributed by atoms with Gasteiger partial charge in [0.15, 0.2) is 0 Å². The Kier molecular flexibility index (Phi) is 6.56. The second kappa shape index (κ2) is 8.45. The molecule has 3 rings (SSSR count). The van der Waals surface area contributed by atoms with Gasteiger partial charge in [-0.1, -0.05) is 24.3 Å². The van der Waals surface area contributed by atoms with Crippen LogP contribution in [0.2, 0.25) is 0 Å². The molecule has 0 spiro atoms. The number of halogens is 1. The summed E-state index contributed by atoms with van der Waals surface area (Å²) in [6.45, 7) is 1.71. The van der Waals surface area contributed by atoms with E-state index in [1.54, 1.807) is 0 Å². The topological polar surface area (TPSA) is 86.7 Å².